The third-order valence-corrected chi connectivity index (χ3v) is 13.8. The molecule has 2 heteroatoms. The maximum atomic E-state index is 2.47. The summed E-state index contributed by atoms with van der Waals surface area (Å²) < 4.78 is 2.67. The Morgan fingerprint density at radius 2 is 0.945 bits per heavy atom. The molecule has 1 heterocycles. The Balaban J connectivity index is 1.09. The summed E-state index contributed by atoms with van der Waals surface area (Å²) >= 11 is 1.89. The summed E-state index contributed by atoms with van der Waals surface area (Å²) in [5.41, 5.74) is 17.6. The molecule has 1 aromatic heterocycles. The van der Waals surface area contributed by atoms with Crippen LogP contribution in [0, 0.1) is 0 Å². The molecule has 0 amide bonds. The zero-order chi connectivity index (χ0) is 36.9. The standard InChI is InChI=1S/C53H39NS/c1-52(2)46-21-10-7-16-40(46)42-30-28-37(32-48(42)52)54(36-26-24-34(25-27-36)39-19-13-20-45-44-18-9-12-23-50(44)55-51(39)45)38-29-31-43-41-17-8-11-22-47(41)53(3,49(43)33-38)35-14-5-4-6-15-35/h4-33H,1-3H3. The van der Waals surface area contributed by atoms with Gasteiger partial charge in [-0.05, 0) is 111 Å². The van der Waals surface area contributed by atoms with Crippen LogP contribution in [0.25, 0.3) is 53.6 Å². The summed E-state index contributed by atoms with van der Waals surface area (Å²) in [6.07, 6.45) is 0. The topological polar surface area (TPSA) is 3.24 Å². The second kappa shape index (κ2) is 11.9. The molecule has 0 spiro atoms. The van der Waals surface area contributed by atoms with E-state index in [2.05, 4.69) is 208 Å². The highest BCUT2D eigenvalue weighted by atomic mass is 32.1. The predicted molar refractivity (Wildman–Crippen MR) is 234 cm³/mol. The maximum absolute atomic E-state index is 2.47. The third-order valence-electron chi connectivity index (χ3n) is 12.6. The van der Waals surface area contributed by atoms with E-state index < -0.39 is 0 Å². The Kier molecular flexibility index (Phi) is 6.97. The van der Waals surface area contributed by atoms with Crippen LogP contribution in [-0.4, -0.2) is 0 Å². The molecule has 2 aliphatic carbocycles. The average molecular weight is 722 g/mol. The summed E-state index contributed by atoms with van der Waals surface area (Å²) in [4.78, 5) is 2.47. The molecule has 1 unspecified atom stereocenters. The SMILES string of the molecule is CC1(C)c2ccccc2-c2ccc(N(c3ccc(-c4cccc5c4sc4ccccc45)cc3)c3ccc4c(c3)C(C)(c3ccccc3)c3ccccc3-4)cc21. The van der Waals surface area contributed by atoms with E-state index in [1.807, 2.05) is 11.3 Å². The van der Waals surface area contributed by atoms with Crippen LogP contribution in [0.5, 0.6) is 0 Å². The maximum Gasteiger partial charge on any atom is 0.0465 e. The van der Waals surface area contributed by atoms with Crippen molar-refractivity contribution in [3.63, 3.8) is 0 Å². The molecule has 0 radical (unpaired) electrons. The van der Waals surface area contributed by atoms with Gasteiger partial charge in [0, 0.05) is 48.1 Å². The van der Waals surface area contributed by atoms with Gasteiger partial charge in [0.25, 0.3) is 0 Å². The second-order valence-electron chi connectivity index (χ2n) is 15.8. The fourth-order valence-corrected chi connectivity index (χ4v) is 11.0. The van der Waals surface area contributed by atoms with Crippen LogP contribution in [0.3, 0.4) is 0 Å². The van der Waals surface area contributed by atoms with E-state index in [4.69, 9.17) is 0 Å². The highest BCUT2D eigenvalue weighted by Gasteiger charge is 2.41. The van der Waals surface area contributed by atoms with Crippen molar-refractivity contribution in [1.82, 2.24) is 0 Å². The van der Waals surface area contributed by atoms with Gasteiger partial charge in [0.2, 0.25) is 0 Å². The smallest absolute Gasteiger partial charge is 0.0465 e. The molecule has 1 nitrogen and oxygen atoms in total. The van der Waals surface area contributed by atoms with Gasteiger partial charge in [0.05, 0.1) is 0 Å². The largest absolute Gasteiger partial charge is 0.310 e. The first-order chi connectivity index (χ1) is 26.9. The number of anilines is 3. The summed E-state index contributed by atoms with van der Waals surface area (Å²) in [7, 11) is 0. The normalized spacial score (nSPS) is 16.1. The van der Waals surface area contributed by atoms with Crippen molar-refractivity contribution in [1.29, 1.82) is 0 Å². The van der Waals surface area contributed by atoms with Crippen molar-refractivity contribution in [3.05, 3.63) is 210 Å². The number of benzene rings is 8. The second-order valence-corrected chi connectivity index (χ2v) is 16.9. The molecule has 0 aliphatic heterocycles. The Labute approximate surface area is 326 Å². The Morgan fingerprint density at radius 1 is 0.400 bits per heavy atom. The minimum Gasteiger partial charge on any atom is -0.310 e. The summed E-state index contributed by atoms with van der Waals surface area (Å²) in [6.45, 7) is 7.14. The zero-order valence-corrected chi connectivity index (χ0v) is 32.0. The third kappa shape index (κ3) is 4.65. The van der Waals surface area contributed by atoms with Crippen LogP contribution < -0.4 is 4.90 Å². The predicted octanol–water partition coefficient (Wildman–Crippen LogP) is 14.8. The molecule has 0 saturated heterocycles. The van der Waals surface area contributed by atoms with E-state index in [1.54, 1.807) is 0 Å². The molecular weight excluding hydrogens is 683 g/mol. The van der Waals surface area contributed by atoms with E-state index in [1.165, 1.54) is 81.4 Å². The molecule has 8 aromatic carbocycles. The molecule has 55 heavy (non-hydrogen) atoms. The lowest BCUT2D eigenvalue weighted by atomic mass is 9.74. The van der Waals surface area contributed by atoms with Gasteiger partial charge in [0.15, 0.2) is 0 Å². The Morgan fingerprint density at radius 3 is 1.71 bits per heavy atom. The average Bonchev–Trinajstić information content (AvgIpc) is 3.82. The highest BCUT2D eigenvalue weighted by molar-refractivity contribution is 7.26. The number of fused-ring (bicyclic) bond motifs is 9. The summed E-state index contributed by atoms with van der Waals surface area (Å²) in [5, 5.41) is 2.65. The molecule has 0 saturated carbocycles. The number of hydrogen-bond acceptors (Lipinski definition) is 2. The van der Waals surface area contributed by atoms with Gasteiger partial charge in [-0.1, -0.05) is 153 Å². The number of hydrogen-bond donors (Lipinski definition) is 0. The van der Waals surface area contributed by atoms with Gasteiger partial charge >= 0.3 is 0 Å². The zero-order valence-electron chi connectivity index (χ0n) is 31.2. The van der Waals surface area contributed by atoms with E-state index in [9.17, 15) is 0 Å². The molecule has 0 N–H and O–H groups in total. The molecule has 11 rings (SSSR count). The fourth-order valence-electron chi connectivity index (χ4n) is 9.74. The van der Waals surface area contributed by atoms with Crippen LogP contribution in [0.4, 0.5) is 17.1 Å². The van der Waals surface area contributed by atoms with Crippen molar-refractivity contribution >= 4 is 48.6 Å². The van der Waals surface area contributed by atoms with Crippen molar-refractivity contribution in [2.24, 2.45) is 0 Å². The van der Waals surface area contributed by atoms with Crippen LogP contribution in [0.2, 0.25) is 0 Å². The molecule has 0 fully saturated rings. The Hall–Kier alpha value is -6.22. The van der Waals surface area contributed by atoms with Gasteiger partial charge in [-0.25, -0.2) is 0 Å². The molecule has 9 aromatic rings. The van der Waals surface area contributed by atoms with Crippen LogP contribution in [0.1, 0.15) is 48.6 Å². The van der Waals surface area contributed by atoms with Crippen molar-refractivity contribution in [3.8, 4) is 33.4 Å². The number of rotatable bonds is 5. The Bertz CT molecular complexity index is 2970. The first-order valence-corrected chi connectivity index (χ1v) is 20.1. The number of nitrogens with zero attached hydrogens (tertiary/aromatic N) is 1. The monoisotopic (exact) mass is 721 g/mol. The first kappa shape index (κ1) is 32.2. The van der Waals surface area contributed by atoms with Gasteiger partial charge in [-0.3, -0.25) is 0 Å². The van der Waals surface area contributed by atoms with Gasteiger partial charge in [-0.15, -0.1) is 11.3 Å². The first-order valence-electron chi connectivity index (χ1n) is 19.3. The minimum atomic E-state index is -0.288. The summed E-state index contributed by atoms with van der Waals surface area (Å²) in [6, 6.07) is 67.9. The lowest BCUT2D eigenvalue weighted by molar-refractivity contribution is 0.660. The number of thiophene rings is 1. The minimum absolute atomic E-state index is 0.105. The van der Waals surface area contributed by atoms with E-state index in [-0.39, 0.29) is 10.8 Å². The van der Waals surface area contributed by atoms with E-state index in [0.29, 0.717) is 0 Å². The van der Waals surface area contributed by atoms with E-state index in [0.717, 1.165) is 17.1 Å². The fraction of sp³-hybridized carbons (Fsp3) is 0.0943. The van der Waals surface area contributed by atoms with Gasteiger partial charge in [0.1, 0.15) is 0 Å². The molecular formula is C53H39NS. The lowest BCUT2D eigenvalue weighted by Crippen LogP contribution is -2.23. The van der Waals surface area contributed by atoms with Gasteiger partial charge < -0.3 is 4.90 Å². The van der Waals surface area contributed by atoms with Crippen molar-refractivity contribution in [2.75, 3.05) is 4.90 Å². The van der Waals surface area contributed by atoms with Crippen molar-refractivity contribution < 1.29 is 0 Å². The quantitative estimate of drug-likeness (QED) is 0.171. The van der Waals surface area contributed by atoms with Crippen LogP contribution >= 0.6 is 11.3 Å². The van der Waals surface area contributed by atoms with Crippen molar-refractivity contribution in [2.45, 2.75) is 31.6 Å². The van der Waals surface area contributed by atoms with Crippen LogP contribution in [0.15, 0.2) is 182 Å². The lowest BCUT2D eigenvalue weighted by Gasteiger charge is -2.31. The summed E-state index contributed by atoms with van der Waals surface area (Å²) in [5.74, 6) is 0. The van der Waals surface area contributed by atoms with Crippen LogP contribution in [-0.2, 0) is 10.8 Å². The molecule has 262 valence electrons. The molecule has 0 bridgehead atoms. The molecule has 2 aliphatic rings. The van der Waals surface area contributed by atoms with Gasteiger partial charge in [-0.2, -0.15) is 0 Å². The molecule has 1 atom stereocenters. The highest BCUT2D eigenvalue weighted by Crippen LogP contribution is 2.55. The van der Waals surface area contributed by atoms with E-state index >= 15 is 0 Å².